The van der Waals surface area contributed by atoms with Crippen LogP contribution in [0.1, 0.15) is 0 Å². The van der Waals surface area contributed by atoms with Crippen molar-refractivity contribution in [2.24, 2.45) is 0 Å². The molecule has 0 spiro atoms. The predicted octanol–water partition coefficient (Wildman–Crippen LogP) is 2.44. The van der Waals surface area contributed by atoms with Crippen LogP contribution in [0.15, 0.2) is 54.6 Å². The first kappa shape index (κ1) is 10.2. The zero-order chi connectivity index (χ0) is 11.2. The maximum Gasteiger partial charge on any atom is 0.247 e. The van der Waals surface area contributed by atoms with Crippen LogP contribution in [-0.4, -0.2) is 6.41 Å². The zero-order valence-electron chi connectivity index (χ0n) is 8.54. The summed E-state index contributed by atoms with van der Waals surface area (Å²) in [6, 6.07) is 19.0. The number of benzene rings is 2. The van der Waals surface area contributed by atoms with E-state index in [9.17, 15) is 4.79 Å². The first-order chi connectivity index (χ1) is 7.90. The lowest BCUT2D eigenvalue weighted by Gasteiger charge is -2.17. The summed E-state index contributed by atoms with van der Waals surface area (Å²) in [5.41, 5.74) is 0.640. The molecule has 2 rings (SSSR count). The lowest BCUT2D eigenvalue weighted by atomic mass is 10.3. The minimum absolute atomic E-state index is 0.610. The van der Waals surface area contributed by atoms with E-state index in [2.05, 4.69) is 6.07 Å². The molecular formula is C13H10NO2. The van der Waals surface area contributed by atoms with Gasteiger partial charge in [0.15, 0.2) is 5.75 Å². The molecule has 2 aromatic rings. The molecule has 0 aliphatic heterocycles. The van der Waals surface area contributed by atoms with E-state index in [1.54, 1.807) is 36.4 Å². The van der Waals surface area contributed by atoms with Crippen LogP contribution in [0.25, 0.3) is 0 Å². The fourth-order valence-electron chi connectivity index (χ4n) is 1.25. The smallest absolute Gasteiger partial charge is 0.247 e. The maximum atomic E-state index is 10.9. The van der Waals surface area contributed by atoms with Crippen LogP contribution in [0, 0.1) is 6.07 Å². The second-order valence-corrected chi connectivity index (χ2v) is 3.10. The van der Waals surface area contributed by atoms with Gasteiger partial charge < -0.3 is 4.84 Å². The molecule has 0 aromatic heterocycles. The summed E-state index contributed by atoms with van der Waals surface area (Å²) < 4.78 is 0. The quantitative estimate of drug-likeness (QED) is 0.575. The molecule has 0 aliphatic rings. The van der Waals surface area contributed by atoms with Gasteiger partial charge >= 0.3 is 0 Å². The van der Waals surface area contributed by atoms with Crippen molar-refractivity contribution in [1.29, 1.82) is 0 Å². The molecule has 0 fully saturated rings. The average Bonchev–Trinajstić information content (AvgIpc) is 2.38. The number of hydroxylamine groups is 1. The van der Waals surface area contributed by atoms with Gasteiger partial charge in [0, 0.05) is 0 Å². The normalized spacial score (nSPS) is 9.50. The fraction of sp³-hybridized carbons (Fsp3) is 0. The third-order valence-electron chi connectivity index (χ3n) is 1.99. The fourth-order valence-corrected chi connectivity index (χ4v) is 1.25. The van der Waals surface area contributed by atoms with E-state index in [-0.39, 0.29) is 0 Å². The van der Waals surface area contributed by atoms with E-state index in [1.165, 1.54) is 0 Å². The lowest BCUT2D eigenvalue weighted by molar-refractivity contribution is -0.111. The highest BCUT2D eigenvalue weighted by atomic mass is 16.7. The van der Waals surface area contributed by atoms with E-state index in [0.29, 0.717) is 17.8 Å². The van der Waals surface area contributed by atoms with E-state index < -0.39 is 0 Å². The van der Waals surface area contributed by atoms with Gasteiger partial charge in [-0.05, 0) is 30.3 Å². The number of nitrogens with zero attached hydrogens (tertiary/aromatic N) is 1. The van der Waals surface area contributed by atoms with Gasteiger partial charge in [-0.1, -0.05) is 30.3 Å². The molecule has 16 heavy (non-hydrogen) atoms. The van der Waals surface area contributed by atoms with E-state index in [1.807, 2.05) is 18.2 Å². The second kappa shape index (κ2) is 4.98. The topological polar surface area (TPSA) is 29.5 Å². The molecule has 0 unspecified atom stereocenters. The summed E-state index contributed by atoms with van der Waals surface area (Å²) in [5.74, 6) is 0.610. The summed E-state index contributed by atoms with van der Waals surface area (Å²) in [6.45, 7) is 0. The number of anilines is 1. The number of amides is 1. The lowest BCUT2D eigenvalue weighted by Crippen LogP contribution is -2.25. The Bertz CT molecular complexity index is 442. The molecule has 0 saturated carbocycles. The van der Waals surface area contributed by atoms with Crippen molar-refractivity contribution >= 4 is 12.1 Å². The molecule has 0 atom stereocenters. The summed E-state index contributed by atoms with van der Waals surface area (Å²) >= 11 is 0. The van der Waals surface area contributed by atoms with Gasteiger partial charge in [0.05, 0.1) is 5.69 Å². The van der Waals surface area contributed by atoms with Crippen LogP contribution < -0.4 is 9.90 Å². The third-order valence-corrected chi connectivity index (χ3v) is 1.99. The van der Waals surface area contributed by atoms with Crippen molar-refractivity contribution in [2.75, 3.05) is 5.06 Å². The van der Waals surface area contributed by atoms with Crippen LogP contribution in [0.2, 0.25) is 0 Å². The van der Waals surface area contributed by atoms with Gasteiger partial charge in [-0.3, -0.25) is 4.79 Å². The van der Waals surface area contributed by atoms with Crippen LogP contribution in [0.4, 0.5) is 5.69 Å². The van der Waals surface area contributed by atoms with E-state index >= 15 is 0 Å². The molecule has 0 heterocycles. The molecule has 0 bridgehead atoms. The molecule has 79 valence electrons. The van der Waals surface area contributed by atoms with E-state index in [4.69, 9.17) is 4.84 Å². The predicted molar refractivity (Wildman–Crippen MR) is 60.9 cm³/mol. The minimum atomic E-state index is 0.610. The number of rotatable bonds is 4. The Morgan fingerprint density at radius 1 is 1.12 bits per heavy atom. The summed E-state index contributed by atoms with van der Waals surface area (Å²) in [5, 5.41) is 1.16. The van der Waals surface area contributed by atoms with E-state index in [0.717, 1.165) is 5.06 Å². The summed E-state index contributed by atoms with van der Waals surface area (Å²) in [6.07, 6.45) is 0.621. The van der Waals surface area contributed by atoms with Crippen molar-refractivity contribution < 1.29 is 9.63 Å². The SMILES string of the molecule is O=CN(Oc1ccccc1)c1c[c]ccc1. The number of para-hydroxylation sites is 1. The summed E-state index contributed by atoms with van der Waals surface area (Å²) in [4.78, 5) is 16.3. The van der Waals surface area contributed by atoms with Crippen molar-refractivity contribution in [2.45, 2.75) is 0 Å². The maximum absolute atomic E-state index is 10.9. The van der Waals surface area contributed by atoms with Crippen LogP contribution in [0.3, 0.4) is 0 Å². The van der Waals surface area contributed by atoms with Crippen molar-refractivity contribution in [3.8, 4) is 5.75 Å². The first-order valence-electron chi connectivity index (χ1n) is 4.84. The Hall–Kier alpha value is -2.29. The highest BCUT2D eigenvalue weighted by Gasteiger charge is 2.05. The van der Waals surface area contributed by atoms with Gasteiger partial charge in [-0.25, -0.2) is 0 Å². The average molecular weight is 212 g/mol. The van der Waals surface area contributed by atoms with Crippen molar-refractivity contribution in [3.63, 3.8) is 0 Å². The minimum Gasteiger partial charge on any atom is -0.372 e. The van der Waals surface area contributed by atoms with Gasteiger partial charge in [-0.15, -0.1) is 5.06 Å². The standard InChI is InChI=1S/C13H10NO2/c15-11-14(12-7-3-1-4-8-12)16-13-9-5-2-6-10-13/h1-3,5-11H. The van der Waals surface area contributed by atoms with Gasteiger partial charge in [-0.2, -0.15) is 0 Å². The Balaban J connectivity index is 2.16. The molecule has 0 aliphatic carbocycles. The van der Waals surface area contributed by atoms with Gasteiger partial charge in [0.25, 0.3) is 0 Å². The molecule has 1 amide bonds. The summed E-state index contributed by atoms with van der Waals surface area (Å²) in [7, 11) is 0. The van der Waals surface area contributed by atoms with Crippen LogP contribution >= 0.6 is 0 Å². The molecule has 0 saturated heterocycles. The molecule has 3 nitrogen and oxygen atoms in total. The highest BCUT2D eigenvalue weighted by molar-refractivity contribution is 5.72. The molecule has 3 heteroatoms. The Labute approximate surface area is 93.8 Å². The molecule has 2 aromatic carbocycles. The Kier molecular flexibility index (Phi) is 3.18. The van der Waals surface area contributed by atoms with Crippen LogP contribution in [-0.2, 0) is 4.79 Å². The van der Waals surface area contributed by atoms with Gasteiger partial charge in [0.1, 0.15) is 0 Å². The molecular weight excluding hydrogens is 202 g/mol. The third kappa shape index (κ3) is 2.39. The molecule has 1 radical (unpaired) electrons. The van der Waals surface area contributed by atoms with Crippen LogP contribution in [0.5, 0.6) is 5.75 Å². The largest absolute Gasteiger partial charge is 0.372 e. The number of carbonyl (C=O) groups is 1. The van der Waals surface area contributed by atoms with Crippen molar-refractivity contribution in [1.82, 2.24) is 0 Å². The highest BCUT2D eigenvalue weighted by Crippen LogP contribution is 2.16. The number of carbonyl (C=O) groups excluding carboxylic acids is 1. The van der Waals surface area contributed by atoms with Gasteiger partial charge in [0.2, 0.25) is 6.41 Å². The number of hydrogen-bond donors (Lipinski definition) is 0. The monoisotopic (exact) mass is 212 g/mol. The number of hydrogen-bond acceptors (Lipinski definition) is 2. The Morgan fingerprint density at radius 2 is 1.94 bits per heavy atom. The zero-order valence-corrected chi connectivity index (χ0v) is 8.54. The van der Waals surface area contributed by atoms with Crippen molar-refractivity contribution in [3.05, 3.63) is 60.7 Å². The molecule has 0 N–H and O–H groups in total. The second-order valence-electron chi connectivity index (χ2n) is 3.10. The first-order valence-corrected chi connectivity index (χ1v) is 4.84. The Morgan fingerprint density at radius 3 is 2.56 bits per heavy atom.